The molecule has 2 rings (SSSR count). The van der Waals surface area contributed by atoms with E-state index in [9.17, 15) is 15.0 Å². The van der Waals surface area contributed by atoms with Crippen LogP contribution < -0.4 is 9.47 Å². The van der Waals surface area contributed by atoms with E-state index in [2.05, 4.69) is 0 Å². The van der Waals surface area contributed by atoms with Gasteiger partial charge in [0.15, 0.2) is 11.5 Å². The van der Waals surface area contributed by atoms with Gasteiger partial charge in [0.05, 0.1) is 25.9 Å². The molecule has 1 heterocycles. The third kappa shape index (κ3) is 2.86. The largest absolute Gasteiger partial charge is 0.493 e. The maximum Gasteiger partial charge on any atom is 0.254 e. The summed E-state index contributed by atoms with van der Waals surface area (Å²) in [5.41, 5.74) is 0.440. The van der Waals surface area contributed by atoms with Crippen molar-refractivity contribution in [3.63, 3.8) is 0 Å². The number of carbonyl (C=O) groups excluding carboxylic acids is 1. The second kappa shape index (κ2) is 6.11. The monoisotopic (exact) mass is 281 g/mol. The average molecular weight is 281 g/mol. The van der Waals surface area contributed by atoms with Gasteiger partial charge in [0, 0.05) is 18.7 Å². The number of carbonyl (C=O) groups is 1. The molecule has 1 fully saturated rings. The van der Waals surface area contributed by atoms with Crippen molar-refractivity contribution in [1.82, 2.24) is 4.90 Å². The minimum Gasteiger partial charge on any atom is -0.493 e. The first-order chi connectivity index (χ1) is 9.56. The van der Waals surface area contributed by atoms with Gasteiger partial charge in [-0.1, -0.05) is 0 Å². The molecule has 6 nitrogen and oxygen atoms in total. The van der Waals surface area contributed by atoms with Crippen LogP contribution in [0.25, 0.3) is 0 Å². The summed E-state index contributed by atoms with van der Waals surface area (Å²) < 4.78 is 10.6. The van der Waals surface area contributed by atoms with Crippen LogP contribution in [0.2, 0.25) is 0 Å². The molecule has 0 saturated carbocycles. The number of hydrogen-bond donors (Lipinski definition) is 2. The summed E-state index contributed by atoms with van der Waals surface area (Å²) in [5, 5.41) is 19.0. The van der Waals surface area contributed by atoms with Crippen molar-refractivity contribution in [2.24, 2.45) is 0 Å². The molecule has 110 valence electrons. The van der Waals surface area contributed by atoms with Crippen LogP contribution in [0.1, 0.15) is 17.3 Å². The molecule has 1 saturated heterocycles. The number of β-amino-alcohol motifs (C(OH)–C–C–N with tert-alkyl or cyclic N) is 2. The second-order valence-electron chi connectivity index (χ2n) is 4.64. The van der Waals surface area contributed by atoms with E-state index in [0.717, 1.165) is 0 Å². The number of aliphatic hydroxyl groups is 2. The Morgan fingerprint density at radius 3 is 2.50 bits per heavy atom. The van der Waals surface area contributed by atoms with Crippen molar-refractivity contribution in [3.8, 4) is 11.5 Å². The van der Waals surface area contributed by atoms with Crippen LogP contribution in [0.15, 0.2) is 18.2 Å². The Hall–Kier alpha value is -1.79. The third-order valence-corrected chi connectivity index (χ3v) is 3.26. The van der Waals surface area contributed by atoms with Crippen molar-refractivity contribution in [3.05, 3.63) is 23.8 Å². The molecule has 0 bridgehead atoms. The number of benzene rings is 1. The fraction of sp³-hybridized carbons (Fsp3) is 0.500. The highest BCUT2D eigenvalue weighted by atomic mass is 16.5. The van der Waals surface area contributed by atoms with E-state index < -0.39 is 12.2 Å². The Labute approximate surface area is 117 Å². The second-order valence-corrected chi connectivity index (χ2v) is 4.64. The smallest absolute Gasteiger partial charge is 0.254 e. The van der Waals surface area contributed by atoms with E-state index in [1.807, 2.05) is 6.92 Å². The summed E-state index contributed by atoms with van der Waals surface area (Å²) in [6.45, 7) is 2.59. The van der Waals surface area contributed by atoms with E-state index in [1.54, 1.807) is 18.2 Å². The third-order valence-electron chi connectivity index (χ3n) is 3.26. The number of rotatable bonds is 4. The van der Waals surface area contributed by atoms with E-state index in [0.29, 0.717) is 23.7 Å². The molecule has 20 heavy (non-hydrogen) atoms. The molecule has 0 spiro atoms. The van der Waals surface area contributed by atoms with Crippen molar-refractivity contribution >= 4 is 5.91 Å². The Morgan fingerprint density at radius 1 is 1.30 bits per heavy atom. The number of aliphatic hydroxyl groups excluding tert-OH is 2. The molecule has 1 aliphatic rings. The topological polar surface area (TPSA) is 79.2 Å². The van der Waals surface area contributed by atoms with E-state index in [4.69, 9.17) is 9.47 Å². The fourth-order valence-electron chi connectivity index (χ4n) is 2.20. The number of methoxy groups -OCH3 is 1. The van der Waals surface area contributed by atoms with Gasteiger partial charge in [-0.3, -0.25) is 4.79 Å². The normalized spacial score (nSPS) is 21.9. The zero-order chi connectivity index (χ0) is 14.7. The maximum atomic E-state index is 12.3. The van der Waals surface area contributed by atoms with Crippen LogP contribution >= 0.6 is 0 Å². The fourth-order valence-corrected chi connectivity index (χ4v) is 2.20. The standard InChI is InChI=1S/C14H19NO5/c1-3-20-13-6-9(4-5-12(13)19-2)14(18)15-7-10(16)11(17)8-15/h4-6,10-11,16-17H,3,7-8H2,1-2H3/t10-,11+. The quantitative estimate of drug-likeness (QED) is 0.828. The molecule has 6 heteroatoms. The summed E-state index contributed by atoms with van der Waals surface area (Å²) in [6.07, 6.45) is -1.77. The van der Waals surface area contributed by atoms with Crippen LogP contribution in [0.4, 0.5) is 0 Å². The van der Waals surface area contributed by atoms with Crippen molar-refractivity contribution in [2.45, 2.75) is 19.1 Å². The number of amides is 1. The Bertz CT molecular complexity index is 480. The highest BCUT2D eigenvalue weighted by Gasteiger charge is 2.33. The molecule has 0 radical (unpaired) electrons. The predicted octanol–water partition coefficient (Wildman–Crippen LogP) is 0.271. The summed E-state index contributed by atoms with van der Waals surface area (Å²) in [7, 11) is 1.53. The van der Waals surface area contributed by atoms with Crippen molar-refractivity contribution < 1.29 is 24.5 Å². The van der Waals surface area contributed by atoms with Crippen LogP contribution in [0.3, 0.4) is 0 Å². The Balaban J connectivity index is 2.20. The van der Waals surface area contributed by atoms with Gasteiger partial charge in [0.25, 0.3) is 5.91 Å². The molecular formula is C14H19NO5. The SMILES string of the molecule is CCOc1cc(C(=O)N2C[C@@H](O)[C@@H](O)C2)ccc1OC. The summed E-state index contributed by atoms with van der Waals surface area (Å²) in [6, 6.07) is 4.92. The molecule has 1 aliphatic heterocycles. The molecule has 0 aromatic heterocycles. The highest BCUT2D eigenvalue weighted by Crippen LogP contribution is 2.29. The van der Waals surface area contributed by atoms with Crippen LogP contribution in [0, 0.1) is 0 Å². The molecule has 1 aromatic carbocycles. The summed E-state index contributed by atoms with van der Waals surface area (Å²) >= 11 is 0. The zero-order valence-electron chi connectivity index (χ0n) is 11.6. The molecule has 2 atom stereocenters. The molecule has 1 aromatic rings. The van der Waals surface area contributed by atoms with Gasteiger partial charge in [0.1, 0.15) is 0 Å². The summed E-state index contributed by atoms with van der Waals surface area (Å²) in [4.78, 5) is 13.7. The van der Waals surface area contributed by atoms with Crippen LogP contribution in [-0.4, -0.2) is 60.0 Å². The number of nitrogens with zero attached hydrogens (tertiary/aromatic N) is 1. The minimum atomic E-state index is -0.886. The lowest BCUT2D eigenvalue weighted by Crippen LogP contribution is -2.29. The molecular weight excluding hydrogens is 262 g/mol. The van der Waals surface area contributed by atoms with Gasteiger partial charge in [0.2, 0.25) is 0 Å². The first kappa shape index (κ1) is 14.6. The molecule has 2 N–H and O–H groups in total. The van der Waals surface area contributed by atoms with E-state index in [1.165, 1.54) is 12.0 Å². The predicted molar refractivity (Wildman–Crippen MR) is 72.1 cm³/mol. The number of hydrogen-bond acceptors (Lipinski definition) is 5. The van der Waals surface area contributed by atoms with Gasteiger partial charge in [-0.15, -0.1) is 0 Å². The molecule has 0 aliphatic carbocycles. The van der Waals surface area contributed by atoms with Crippen LogP contribution in [-0.2, 0) is 0 Å². The van der Waals surface area contributed by atoms with E-state index >= 15 is 0 Å². The van der Waals surface area contributed by atoms with Crippen LogP contribution in [0.5, 0.6) is 11.5 Å². The zero-order valence-corrected chi connectivity index (χ0v) is 11.6. The van der Waals surface area contributed by atoms with Crippen molar-refractivity contribution in [2.75, 3.05) is 26.8 Å². The first-order valence-corrected chi connectivity index (χ1v) is 6.53. The van der Waals surface area contributed by atoms with Crippen molar-refractivity contribution in [1.29, 1.82) is 0 Å². The maximum absolute atomic E-state index is 12.3. The molecule has 0 unspecified atom stereocenters. The van der Waals surface area contributed by atoms with Gasteiger partial charge < -0.3 is 24.6 Å². The van der Waals surface area contributed by atoms with Gasteiger partial charge in [-0.25, -0.2) is 0 Å². The van der Waals surface area contributed by atoms with Gasteiger partial charge in [-0.05, 0) is 25.1 Å². The molecule has 1 amide bonds. The average Bonchev–Trinajstić information content (AvgIpc) is 2.78. The van der Waals surface area contributed by atoms with Gasteiger partial charge >= 0.3 is 0 Å². The van der Waals surface area contributed by atoms with E-state index in [-0.39, 0.29) is 19.0 Å². The number of likely N-dealkylation sites (tertiary alicyclic amines) is 1. The lowest BCUT2D eigenvalue weighted by molar-refractivity contribution is 0.0572. The highest BCUT2D eigenvalue weighted by molar-refractivity contribution is 5.95. The lowest BCUT2D eigenvalue weighted by atomic mass is 10.1. The lowest BCUT2D eigenvalue weighted by Gasteiger charge is -2.17. The Kier molecular flexibility index (Phi) is 4.46. The number of ether oxygens (including phenoxy) is 2. The summed E-state index contributed by atoms with van der Waals surface area (Å²) in [5.74, 6) is 0.815. The Morgan fingerprint density at radius 2 is 1.95 bits per heavy atom. The minimum absolute atomic E-state index is 0.135. The van der Waals surface area contributed by atoms with Gasteiger partial charge in [-0.2, -0.15) is 0 Å². The first-order valence-electron chi connectivity index (χ1n) is 6.53.